The van der Waals surface area contributed by atoms with Crippen molar-refractivity contribution in [2.24, 2.45) is 0 Å². The number of fused-ring (bicyclic) bond motifs is 1. The Kier molecular flexibility index (Phi) is 22.7. The van der Waals surface area contributed by atoms with Crippen LogP contribution in [0.2, 0.25) is 0 Å². The minimum atomic E-state index is 0. The predicted molar refractivity (Wildman–Crippen MR) is 64.0 cm³/mol. The van der Waals surface area contributed by atoms with E-state index in [9.17, 15) is 0 Å². The molecule has 0 N–H and O–H groups in total. The molecule has 0 fully saturated rings. The fraction of sp³-hybridized carbons (Fsp3) is 0.111. The zero-order valence-corrected chi connectivity index (χ0v) is 13.8. The van der Waals surface area contributed by atoms with Gasteiger partial charge >= 0.3 is 0 Å². The van der Waals surface area contributed by atoms with Gasteiger partial charge in [-0.05, 0) is 12.1 Å². The minimum Gasteiger partial charge on any atom is -0.489 e. The third kappa shape index (κ3) is 7.33. The quantitative estimate of drug-likeness (QED) is 0.636. The van der Waals surface area contributed by atoms with E-state index in [1.807, 2.05) is 30.3 Å². The summed E-state index contributed by atoms with van der Waals surface area (Å²) in [5.74, 6) is 0.991. The Labute approximate surface area is 143 Å². The number of benzene rings is 1. The molecule has 1 aromatic rings. The summed E-state index contributed by atoms with van der Waals surface area (Å²) in [5, 5.41) is 0. The van der Waals surface area contributed by atoms with Gasteiger partial charge in [-0.3, -0.25) is 0 Å². The van der Waals surface area contributed by atoms with E-state index in [2.05, 4.69) is 6.08 Å². The van der Waals surface area contributed by atoms with Crippen LogP contribution >= 0.6 is 0 Å². The molecule has 0 saturated heterocycles. The Balaban J connectivity index is -0.000000121. The van der Waals surface area contributed by atoms with Crippen molar-refractivity contribution in [3.8, 4) is 5.75 Å². The molecule has 2 rings (SSSR count). The molecule has 0 spiro atoms. The van der Waals surface area contributed by atoms with Crippen molar-refractivity contribution >= 4 is 75.5 Å². The van der Waals surface area contributed by atoms with Crippen LogP contribution in [0.15, 0.2) is 30.3 Å². The number of para-hydroxylation sites is 1. The molecule has 0 saturated carbocycles. The normalized spacial score (nSPS) is 9.33. The van der Waals surface area contributed by atoms with E-state index in [1.165, 1.54) is 5.56 Å². The summed E-state index contributed by atoms with van der Waals surface area (Å²) in [7, 11) is 0. The van der Waals surface area contributed by atoms with Gasteiger partial charge in [0.2, 0.25) is 0 Å². The molecule has 0 bridgehead atoms. The zero-order valence-electron chi connectivity index (χ0n) is 8.21. The molecule has 0 amide bonds. The predicted octanol–water partition coefficient (Wildman–Crippen LogP) is 0.566. The number of hydrogen-bond donors (Lipinski definition) is 0. The van der Waals surface area contributed by atoms with Crippen LogP contribution in [0, 0.1) is 0 Å². The molecular formula is C9H8Al4NiO. The first-order chi connectivity index (χ1) is 4.97. The summed E-state index contributed by atoms with van der Waals surface area (Å²) < 4.78 is 5.34. The molecule has 0 unspecified atom stereocenters. The van der Waals surface area contributed by atoms with Crippen molar-refractivity contribution in [2.75, 3.05) is 6.61 Å². The third-order valence-corrected chi connectivity index (χ3v) is 1.55. The first kappa shape index (κ1) is 25.3. The van der Waals surface area contributed by atoms with Crippen LogP contribution in [0.1, 0.15) is 5.56 Å². The smallest absolute Gasteiger partial charge is 0.126 e. The second-order valence-corrected chi connectivity index (χ2v) is 2.25. The molecule has 0 aliphatic carbocycles. The average Bonchev–Trinajstić information content (AvgIpc) is 2.05. The summed E-state index contributed by atoms with van der Waals surface area (Å²) in [5.41, 5.74) is 1.17. The van der Waals surface area contributed by atoms with Crippen LogP contribution in [-0.2, 0) is 16.5 Å². The van der Waals surface area contributed by atoms with Crippen LogP contribution in [0.3, 0.4) is 0 Å². The monoisotopic (exact) mass is 298 g/mol. The van der Waals surface area contributed by atoms with Crippen molar-refractivity contribution < 1.29 is 21.2 Å². The first-order valence-corrected chi connectivity index (χ1v) is 3.35. The van der Waals surface area contributed by atoms with Crippen LogP contribution in [-0.4, -0.2) is 76.1 Å². The fourth-order valence-corrected chi connectivity index (χ4v) is 1.06. The standard InChI is InChI=1S/C9H8O.4Al.Ni/c1-2-6-9-8(4-1)5-3-7-10-9;;;;;/h1-6H,7H2;;;;;. The SMILES string of the molecule is C1=Cc2ccccc2OC1.[Al].[Al].[Al].[Al].[Ni]. The number of hydrogen-bond acceptors (Lipinski definition) is 1. The van der Waals surface area contributed by atoms with Crippen LogP contribution in [0.5, 0.6) is 5.75 Å². The Bertz CT molecular complexity index is 281. The summed E-state index contributed by atoms with van der Waals surface area (Å²) >= 11 is 0. The molecule has 1 heterocycles. The van der Waals surface area contributed by atoms with E-state index in [4.69, 9.17) is 4.74 Å². The Morgan fingerprint density at radius 1 is 0.933 bits per heavy atom. The van der Waals surface area contributed by atoms with Crippen molar-refractivity contribution in [1.29, 1.82) is 0 Å². The molecule has 1 nitrogen and oxygen atoms in total. The van der Waals surface area contributed by atoms with Crippen LogP contribution in [0.4, 0.5) is 0 Å². The summed E-state index contributed by atoms with van der Waals surface area (Å²) in [6.07, 6.45) is 4.10. The molecule has 12 radical (unpaired) electrons. The van der Waals surface area contributed by atoms with Gasteiger partial charge in [-0.1, -0.05) is 24.3 Å². The summed E-state index contributed by atoms with van der Waals surface area (Å²) in [4.78, 5) is 0. The molecule has 0 atom stereocenters. The maximum atomic E-state index is 5.34. The Morgan fingerprint density at radius 3 is 2.13 bits per heavy atom. The van der Waals surface area contributed by atoms with Crippen molar-refractivity contribution in [3.63, 3.8) is 0 Å². The minimum absolute atomic E-state index is 0. The third-order valence-electron chi connectivity index (χ3n) is 1.55. The zero-order chi connectivity index (χ0) is 6.81. The molecule has 15 heavy (non-hydrogen) atoms. The van der Waals surface area contributed by atoms with Crippen LogP contribution in [0.25, 0.3) is 6.08 Å². The van der Waals surface area contributed by atoms with Gasteiger partial charge in [0.15, 0.2) is 0 Å². The molecule has 0 aromatic heterocycles. The van der Waals surface area contributed by atoms with Gasteiger partial charge < -0.3 is 4.74 Å². The molecule has 1 aliphatic heterocycles. The van der Waals surface area contributed by atoms with E-state index < -0.39 is 0 Å². The van der Waals surface area contributed by atoms with E-state index in [0.717, 1.165) is 5.75 Å². The molecule has 6 heteroatoms. The van der Waals surface area contributed by atoms with Gasteiger partial charge in [0, 0.05) is 91.5 Å². The van der Waals surface area contributed by atoms with Crippen molar-refractivity contribution in [1.82, 2.24) is 0 Å². The van der Waals surface area contributed by atoms with E-state index >= 15 is 0 Å². The van der Waals surface area contributed by atoms with Gasteiger partial charge in [0.1, 0.15) is 12.4 Å². The van der Waals surface area contributed by atoms with E-state index in [1.54, 1.807) is 0 Å². The maximum absolute atomic E-state index is 5.34. The topological polar surface area (TPSA) is 9.23 Å². The first-order valence-electron chi connectivity index (χ1n) is 3.35. The van der Waals surface area contributed by atoms with Gasteiger partial charge in [0.05, 0.1) is 0 Å². The fourth-order valence-electron chi connectivity index (χ4n) is 1.06. The van der Waals surface area contributed by atoms with Crippen molar-refractivity contribution in [3.05, 3.63) is 35.9 Å². The Morgan fingerprint density at radius 2 is 1.53 bits per heavy atom. The van der Waals surface area contributed by atoms with Gasteiger partial charge in [-0.15, -0.1) is 0 Å². The van der Waals surface area contributed by atoms with E-state index in [-0.39, 0.29) is 85.9 Å². The average molecular weight is 299 g/mol. The van der Waals surface area contributed by atoms with Crippen LogP contribution < -0.4 is 4.74 Å². The van der Waals surface area contributed by atoms with Gasteiger partial charge in [-0.25, -0.2) is 0 Å². The second-order valence-electron chi connectivity index (χ2n) is 2.25. The summed E-state index contributed by atoms with van der Waals surface area (Å²) in [6.45, 7) is 0.705. The van der Waals surface area contributed by atoms with Crippen molar-refractivity contribution in [2.45, 2.75) is 0 Å². The van der Waals surface area contributed by atoms with E-state index in [0.29, 0.717) is 6.61 Å². The largest absolute Gasteiger partial charge is 0.489 e. The maximum Gasteiger partial charge on any atom is 0.126 e. The van der Waals surface area contributed by atoms with Gasteiger partial charge in [-0.2, -0.15) is 0 Å². The molecule has 1 aromatic carbocycles. The number of ether oxygens (including phenoxy) is 1. The molecule has 72 valence electrons. The Hall–Kier alpha value is 1.38. The number of rotatable bonds is 0. The molecular weight excluding hydrogens is 291 g/mol. The summed E-state index contributed by atoms with van der Waals surface area (Å²) in [6, 6.07) is 8.03. The van der Waals surface area contributed by atoms with Gasteiger partial charge in [0.25, 0.3) is 0 Å². The molecule has 1 aliphatic rings. The second kappa shape index (κ2) is 13.4.